The van der Waals surface area contributed by atoms with Crippen LogP contribution < -0.4 is 0 Å². The second kappa shape index (κ2) is 10.3. The molecule has 5 rings (SSSR count). The standard InChI is InChI=1S/C30H36N4O2/c1-23(2)20-34-27(18-24-7-4-3-5-8-24)19-30(29(34)36)11-14-33(15-12-30)28(35)26-10-6-9-25(17-26)21-32-16-13-31-22-32/h3-10,13,16-17,22-23,27H,11-12,14-15,18-21H2,1-2H3/t27-/m0/s1. The number of rotatable bonds is 7. The lowest BCUT2D eigenvalue weighted by Crippen LogP contribution is -2.47. The summed E-state index contributed by atoms with van der Waals surface area (Å²) < 4.78 is 1.99. The highest BCUT2D eigenvalue weighted by Crippen LogP contribution is 2.45. The number of carbonyl (C=O) groups excluding carboxylic acids is 2. The minimum Gasteiger partial charge on any atom is -0.339 e. The molecule has 6 nitrogen and oxygen atoms in total. The normalized spacial score (nSPS) is 19.4. The van der Waals surface area contributed by atoms with Gasteiger partial charge in [0.2, 0.25) is 5.91 Å². The number of likely N-dealkylation sites (tertiary alicyclic amines) is 2. The predicted molar refractivity (Wildman–Crippen MR) is 140 cm³/mol. The highest BCUT2D eigenvalue weighted by molar-refractivity contribution is 5.95. The van der Waals surface area contributed by atoms with Gasteiger partial charge in [-0.1, -0.05) is 56.3 Å². The fourth-order valence-corrected chi connectivity index (χ4v) is 5.95. The number of benzene rings is 2. The molecule has 2 fully saturated rings. The summed E-state index contributed by atoms with van der Waals surface area (Å²) in [5.74, 6) is 0.785. The van der Waals surface area contributed by atoms with Crippen LogP contribution in [0.1, 0.15) is 54.6 Å². The minimum atomic E-state index is -0.339. The summed E-state index contributed by atoms with van der Waals surface area (Å²) in [5.41, 5.74) is 2.73. The van der Waals surface area contributed by atoms with Gasteiger partial charge in [-0.2, -0.15) is 0 Å². The average Bonchev–Trinajstić information content (AvgIpc) is 3.47. The molecule has 1 aromatic heterocycles. The number of imidazole rings is 1. The zero-order valence-corrected chi connectivity index (χ0v) is 21.3. The van der Waals surface area contributed by atoms with Gasteiger partial charge < -0.3 is 14.4 Å². The Labute approximate surface area is 213 Å². The van der Waals surface area contributed by atoms with E-state index < -0.39 is 0 Å². The molecule has 0 unspecified atom stereocenters. The molecule has 0 saturated carbocycles. The number of carbonyl (C=O) groups is 2. The van der Waals surface area contributed by atoms with Crippen LogP contribution in [-0.2, 0) is 17.8 Å². The van der Waals surface area contributed by atoms with Gasteiger partial charge in [0.1, 0.15) is 0 Å². The number of aromatic nitrogens is 2. The fraction of sp³-hybridized carbons (Fsp3) is 0.433. The maximum absolute atomic E-state index is 13.8. The monoisotopic (exact) mass is 484 g/mol. The highest BCUT2D eigenvalue weighted by Gasteiger charge is 2.52. The van der Waals surface area contributed by atoms with E-state index in [0.717, 1.165) is 37.8 Å². The van der Waals surface area contributed by atoms with Crippen molar-refractivity contribution in [1.82, 2.24) is 19.4 Å². The second-order valence-electron chi connectivity index (χ2n) is 10.9. The molecule has 6 heteroatoms. The SMILES string of the molecule is CC(C)CN1C(=O)C2(CCN(C(=O)c3cccc(Cn4ccnc4)c3)CC2)C[C@@H]1Cc1ccccc1. The molecule has 2 aromatic carbocycles. The van der Waals surface area contributed by atoms with Gasteiger partial charge >= 0.3 is 0 Å². The third-order valence-corrected chi connectivity index (χ3v) is 7.76. The summed E-state index contributed by atoms with van der Waals surface area (Å²) in [4.78, 5) is 35.3. The molecule has 2 aliphatic heterocycles. The Morgan fingerprint density at radius 3 is 2.50 bits per heavy atom. The van der Waals surface area contributed by atoms with Crippen molar-refractivity contribution in [2.45, 2.75) is 52.1 Å². The molecule has 36 heavy (non-hydrogen) atoms. The van der Waals surface area contributed by atoms with E-state index in [-0.39, 0.29) is 17.4 Å². The van der Waals surface area contributed by atoms with Gasteiger partial charge in [0, 0.05) is 50.2 Å². The van der Waals surface area contributed by atoms with Crippen molar-refractivity contribution >= 4 is 11.8 Å². The lowest BCUT2D eigenvalue weighted by Gasteiger charge is -2.38. The van der Waals surface area contributed by atoms with Crippen molar-refractivity contribution < 1.29 is 9.59 Å². The maximum atomic E-state index is 13.8. The van der Waals surface area contributed by atoms with Gasteiger partial charge in [0.05, 0.1) is 11.7 Å². The fourth-order valence-electron chi connectivity index (χ4n) is 5.95. The Balaban J connectivity index is 1.27. The van der Waals surface area contributed by atoms with Crippen LogP contribution in [0.2, 0.25) is 0 Å². The van der Waals surface area contributed by atoms with E-state index in [1.165, 1.54) is 5.56 Å². The topological polar surface area (TPSA) is 58.4 Å². The van der Waals surface area contributed by atoms with Gasteiger partial charge in [-0.3, -0.25) is 9.59 Å². The second-order valence-corrected chi connectivity index (χ2v) is 10.9. The summed E-state index contributed by atoms with van der Waals surface area (Å²) in [6.07, 6.45) is 8.73. The molecule has 2 amide bonds. The van der Waals surface area contributed by atoms with Gasteiger partial charge in [-0.15, -0.1) is 0 Å². The number of piperidine rings is 1. The Morgan fingerprint density at radius 1 is 1.06 bits per heavy atom. The Hall–Kier alpha value is -3.41. The Bertz CT molecular complexity index is 1180. The quantitative estimate of drug-likeness (QED) is 0.490. The molecule has 1 atom stereocenters. The van der Waals surface area contributed by atoms with Crippen LogP contribution in [-0.4, -0.2) is 56.8 Å². The van der Waals surface area contributed by atoms with Crippen LogP contribution in [0.4, 0.5) is 0 Å². The Kier molecular flexibility index (Phi) is 6.95. The van der Waals surface area contributed by atoms with E-state index in [0.29, 0.717) is 37.0 Å². The first-order chi connectivity index (χ1) is 17.4. The third kappa shape index (κ3) is 5.08. The average molecular weight is 485 g/mol. The number of hydrogen-bond acceptors (Lipinski definition) is 3. The van der Waals surface area contributed by atoms with Crippen molar-refractivity contribution in [3.05, 3.63) is 90.0 Å². The smallest absolute Gasteiger partial charge is 0.253 e. The third-order valence-electron chi connectivity index (χ3n) is 7.76. The first kappa shape index (κ1) is 24.3. The highest BCUT2D eigenvalue weighted by atomic mass is 16.2. The van der Waals surface area contributed by atoms with Crippen LogP contribution in [0, 0.1) is 11.3 Å². The largest absolute Gasteiger partial charge is 0.339 e. The molecule has 3 aromatic rings. The number of nitrogens with zero attached hydrogens (tertiary/aromatic N) is 4. The summed E-state index contributed by atoms with van der Waals surface area (Å²) in [6.45, 7) is 7.10. The maximum Gasteiger partial charge on any atom is 0.253 e. The molecular weight excluding hydrogens is 448 g/mol. The molecule has 0 N–H and O–H groups in total. The molecule has 2 aliphatic rings. The lowest BCUT2D eigenvalue weighted by molar-refractivity contribution is -0.139. The van der Waals surface area contributed by atoms with E-state index in [1.54, 1.807) is 12.5 Å². The van der Waals surface area contributed by atoms with Gasteiger partial charge in [0.25, 0.3) is 5.91 Å². The van der Waals surface area contributed by atoms with Crippen LogP contribution >= 0.6 is 0 Å². The van der Waals surface area contributed by atoms with E-state index in [2.05, 4.69) is 48.0 Å². The van der Waals surface area contributed by atoms with Crippen molar-refractivity contribution in [2.75, 3.05) is 19.6 Å². The van der Waals surface area contributed by atoms with Crippen LogP contribution in [0.15, 0.2) is 73.3 Å². The van der Waals surface area contributed by atoms with E-state index >= 15 is 0 Å². The van der Waals surface area contributed by atoms with Crippen molar-refractivity contribution in [3.63, 3.8) is 0 Å². The van der Waals surface area contributed by atoms with E-state index in [1.807, 2.05) is 46.0 Å². The molecule has 1 spiro atoms. The molecule has 3 heterocycles. The summed E-state index contributed by atoms with van der Waals surface area (Å²) >= 11 is 0. The van der Waals surface area contributed by atoms with Crippen molar-refractivity contribution in [3.8, 4) is 0 Å². The van der Waals surface area contributed by atoms with Gasteiger partial charge in [-0.05, 0) is 54.9 Å². The van der Waals surface area contributed by atoms with Gasteiger partial charge in [0.15, 0.2) is 0 Å². The predicted octanol–water partition coefficient (Wildman–Crippen LogP) is 4.65. The van der Waals surface area contributed by atoms with Crippen LogP contribution in [0.3, 0.4) is 0 Å². The minimum absolute atomic E-state index is 0.0580. The van der Waals surface area contributed by atoms with Gasteiger partial charge in [-0.25, -0.2) is 4.98 Å². The molecule has 0 aliphatic carbocycles. The molecule has 188 valence electrons. The summed E-state index contributed by atoms with van der Waals surface area (Å²) in [5, 5.41) is 0. The number of hydrogen-bond donors (Lipinski definition) is 0. The zero-order chi connectivity index (χ0) is 25.1. The molecule has 0 radical (unpaired) electrons. The zero-order valence-electron chi connectivity index (χ0n) is 21.3. The first-order valence-electron chi connectivity index (χ1n) is 13.1. The first-order valence-corrected chi connectivity index (χ1v) is 13.1. The molecule has 0 bridgehead atoms. The summed E-state index contributed by atoms with van der Waals surface area (Å²) in [7, 11) is 0. The van der Waals surface area contributed by atoms with Crippen LogP contribution in [0.25, 0.3) is 0 Å². The molecule has 2 saturated heterocycles. The summed E-state index contributed by atoms with van der Waals surface area (Å²) in [6, 6.07) is 18.6. The van der Waals surface area contributed by atoms with Crippen molar-refractivity contribution in [1.29, 1.82) is 0 Å². The van der Waals surface area contributed by atoms with Crippen molar-refractivity contribution in [2.24, 2.45) is 11.3 Å². The Morgan fingerprint density at radius 2 is 1.81 bits per heavy atom. The van der Waals surface area contributed by atoms with E-state index in [9.17, 15) is 9.59 Å². The number of amides is 2. The van der Waals surface area contributed by atoms with Crippen LogP contribution in [0.5, 0.6) is 0 Å². The van der Waals surface area contributed by atoms with E-state index in [4.69, 9.17) is 0 Å². The molecular formula is C30H36N4O2. The lowest BCUT2D eigenvalue weighted by atomic mass is 9.75.